The molecule has 2 N–H and O–H groups in total. The fourth-order valence-corrected chi connectivity index (χ4v) is 4.25. The molecule has 2 aromatic carbocycles. The number of quaternary nitrogens is 1. The summed E-state index contributed by atoms with van der Waals surface area (Å²) in [6.07, 6.45) is 0. The number of nitrogens with one attached hydrogen (secondary N) is 2. The third kappa shape index (κ3) is 4.27. The van der Waals surface area contributed by atoms with E-state index in [-0.39, 0.29) is 11.5 Å². The molecule has 1 amide bonds. The van der Waals surface area contributed by atoms with Gasteiger partial charge < -0.3 is 19.9 Å². The summed E-state index contributed by atoms with van der Waals surface area (Å²) < 4.78 is 8.82. The number of rotatable bonds is 6. The van der Waals surface area contributed by atoms with Gasteiger partial charge in [0, 0.05) is 7.05 Å². The van der Waals surface area contributed by atoms with Crippen molar-refractivity contribution in [3.05, 3.63) is 70.6 Å². The fraction of sp³-hybridized carbons (Fsp3) is 0.333. The zero-order valence-corrected chi connectivity index (χ0v) is 18.8. The Balaban J connectivity index is 1.40. The van der Waals surface area contributed by atoms with Crippen molar-refractivity contribution in [2.45, 2.75) is 6.92 Å². The van der Waals surface area contributed by atoms with Gasteiger partial charge in [-0.25, -0.2) is 4.68 Å². The van der Waals surface area contributed by atoms with Gasteiger partial charge in [0.15, 0.2) is 6.54 Å². The van der Waals surface area contributed by atoms with E-state index >= 15 is 0 Å². The molecule has 32 heavy (non-hydrogen) atoms. The van der Waals surface area contributed by atoms with Gasteiger partial charge in [0.2, 0.25) is 0 Å². The SMILES string of the molecule is COc1ccccc1N1CC[NH+](CC(=O)Nc2c(C)n(C)n(-c3ccccc3)c2=O)CC1. The molecule has 168 valence electrons. The van der Waals surface area contributed by atoms with Crippen LogP contribution in [0.5, 0.6) is 5.75 Å². The van der Waals surface area contributed by atoms with Gasteiger partial charge in [0.1, 0.15) is 11.4 Å². The highest BCUT2D eigenvalue weighted by molar-refractivity contribution is 5.91. The minimum Gasteiger partial charge on any atom is -0.495 e. The van der Waals surface area contributed by atoms with Crippen LogP contribution in [0, 0.1) is 6.92 Å². The largest absolute Gasteiger partial charge is 0.495 e. The Morgan fingerprint density at radius 3 is 2.41 bits per heavy atom. The zero-order valence-electron chi connectivity index (χ0n) is 18.8. The molecule has 0 spiro atoms. The molecule has 0 unspecified atom stereocenters. The van der Waals surface area contributed by atoms with Crippen molar-refractivity contribution in [3.8, 4) is 11.4 Å². The number of carbonyl (C=O) groups is 1. The second-order valence-electron chi connectivity index (χ2n) is 8.07. The maximum atomic E-state index is 13.0. The number of hydrogen-bond acceptors (Lipinski definition) is 4. The summed E-state index contributed by atoms with van der Waals surface area (Å²) in [5, 5.41) is 2.87. The molecule has 0 radical (unpaired) electrons. The highest BCUT2D eigenvalue weighted by atomic mass is 16.5. The van der Waals surface area contributed by atoms with Crippen LogP contribution in [-0.4, -0.2) is 55.1 Å². The first-order chi connectivity index (χ1) is 15.5. The van der Waals surface area contributed by atoms with Gasteiger partial charge in [-0.05, 0) is 31.2 Å². The van der Waals surface area contributed by atoms with Crippen molar-refractivity contribution < 1.29 is 14.4 Å². The zero-order chi connectivity index (χ0) is 22.7. The average molecular weight is 437 g/mol. The molecule has 3 aromatic rings. The van der Waals surface area contributed by atoms with Gasteiger partial charge in [0.05, 0.1) is 50.4 Å². The number of methoxy groups -OCH3 is 1. The summed E-state index contributed by atoms with van der Waals surface area (Å²) >= 11 is 0. The predicted molar refractivity (Wildman–Crippen MR) is 125 cm³/mol. The number of aromatic nitrogens is 2. The summed E-state index contributed by atoms with van der Waals surface area (Å²) in [5.74, 6) is 0.722. The summed E-state index contributed by atoms with van der Waals surface area (Å²) in [7, 11) is 3.50. The van der Waals surface area contributed by atoms with Crippen LogP contribution in [0.1, 0.15) is 5.69 Å². The van der Waals surface area contributed by atoms with E-state index in [1.165, 1.54) is 4.90 Å². The number of amides is 1. The third-order valence-corrected chi connectivity index (χ3v) is 6.13. The normalized spacial score (nSPS) is 14.4. The van der Waals surface area contributed by atoms with Crippen LogP contribution in [0.3, 0.4) is 0 Å². The average Bonchev–Trinajstić information content (AvgIpc) is 3.03. The molecule has 8 nitrogen and oxygen atoms in total. The minimum absolute atomic E-state index is 0.142. The molecule has 0 bridgehead atoms. The topological polar surface area (TPSA) is 72.9 Å². The molecule has 8 heteroatoms. The number of piperazine rings is 1. The molecule has 2 heterocycles. The van der Waals surface area contributed by atoms with E-state index in [2.05, 4.69) is 16.3 Å². The lowest BCUT2D eigenvalue weighted by molar-refractivity contribution is -0.892. The number of carbonyl (C=O) groups excluding carboxylic acids is 1. The smallest absolute Gasteiger partial charge is 0.295 e. The second-order valence-corrected chi connectivity index (χ2v) is 8.07. The standard InChI is InChI=1S/C24H29N5O3/c1-18-23(24(31)29(26(18)2)19-9-5-4-6-10-19)25-22(30)17-27-13-15-28(16-14-27)20-11-7-8-12-21(20)32-3/h4-12H,13-17H2,1-3H3,(H,25,30)/p+1. The molecule has 1 saturated heterocycles. The Hall–Kier alpha value is -3.52. The van der Waals surface area contributed by atoms with Crippen molar-refractivity contribution in [1.82, 2.24) is 9.36 Å². The van der Waals surface area contributed by atoms with E-state index in [1.807, 2.05) is 62.5 Å². The van der Waals surface area contributed by atoms with Gasteiger partial charge in [-0.15, -0.1) is 0 Å². The number of para-hydroxylation sites is 3. The predicted octanol–water partition coefficient (Wildman–Crippen LogP) is 0.837. The van der Waals surface area contributed by atoms with Gasteiger partial charge in [0.25, 0.3) is 11.5 Å². The second kappa shape index (κ2) is 9.32. The van der Waals surface area contributed by atoms with E-state index in [4.69, 9.17) is 4.74 Å². The van der Waals surface area contributed by atoms with Gasteiger partial charge >= 0.3 is 0 Å². The third-order valence-electron chi connectivity index (χ3n) is 6.13. The Bertz CT molecular complexity index is 1140. The van der Waals surface area contributed by atoms with Crippen LogP contribution in [0.4, 0.5) is 11.4 Å². The Labute approximate surface area is 187 Å². The summed E-state index contributed by atoms with van der Waals surface area (Å²) in [6.45, 7) is 5.54. The quantitative estimate of drug-likeness (QED) is 0.601. The summed E-state index contributed by atoms with van der Waals surface area (Å²) in [5.41, 5.74) is 2.69. The molecule has 0 saturated carbocycles. The molecular formula is C24H30N5O3+. The van der Waals surface area contributed by atoms with E-state index < -0.39 is 0 Å². The van der Waals surface area contributed by atoms with Crippen molar-refractivity contribution in [3.63, 3.8) is 0 Å². The van der Waals surface area contributed by atoms with Crippen molar-refractivity contribution in [2.24, 2.45) is 7.05 Å². The van der Waals surface area contributed by atoms with Gasteiger partial charge in [-0.3, -0.25) is 14.3 Å². The van der Waals surface area contributed by atoms with Crippen LogP contribution < -0.4 is 25.4 Å². The first-order valence-electron chi connectivity index (χ1n) is 10.8. The first-order valence-corrected chi connectivity index (χ1v) is 10.8. The lowest BCUT2D eigenvalue weighted by Crippen LogP contribution is -3.15. The molecule has 1 aliphatic heterocycles. The molecule has 0 aliphatic carbocycles. The molecule has 1 aliphatic rings. The maximum Gasteiger partial charge on any atom is 0.295 e. The van der Waals surface area contributed by atoms with E-state index in [0.717, 1.165) is 49.0 Å². The summed E-state index contributed by atoms with van der Waals surface area (Å²) in [6, 6.07) is 17.4. The van der Waals surface area contributed by atoms with Crippen LogP contribution in [0.15, 0.2) is 59.4 Å². The lowest BCUT2D eigenvalue weighted by Gasteiger charge is -2.33. The van der Waals surface area contributed by atoms with Crippen molar-refractivity contribution in [2.75, 3.05) is 50.1 Å². The highest BCUT2D eigenvalue weighted by Crippen LogP contribution is 2.27. The fourth-order valence-electron chi connectivity index (χ4n) is 4.25. The van der Waals surface area contributed by atoms with Crippen molar-refractivity contribution in [1.29, 1.82) is 0 Å². The van der Waals surface area contributed by atoms with E-state index in [1.54, 1.807) is 16.5 Å². The lowest BCUT2D eigenvalue weighted by atomic mass is 10.2. The number of benzene rings is 2. The van der Waals surface area contributed by atoms with Crippen LogP contribution in [0.2, 0.25) is 0 Å². The minimum atomic E-state index is -0.222. The molecule has 0 atom stereocenters. The monoisotopic (exact) mass is 436 g/mol. The molecule has 1 aromatic heterocycles. The number of hydrogen-bond donors (Lipinski definition) is 2. The number of anilines is 2. The molecule has 4 rings (SSSR count). The van der Waals surface area contributed by atoms with Crippen molar-refractivity contribution >= 4 is 17.3 Å². The van der Waals surface area contributed by atoms with Crippen LogP contribution >= 0.6 is 0 Å². The summed E-state index contributed by atoms with van der Waals surface area (Å²) in [4.78, 5) is 29.3. The number of nitrogens with zero attached hydrogens (tertiary/aromatic N) is 3. The van der Waals surface area contributed by atoms with Crippen LogP contribution in [0.25, 0.3) is 5.69 Å². The Kier molecular flexibility index (Phi) is 6.32. The highest BCUT2D eigenvalue weighted by Gasteiger charge is 2.25. The van der Waals surface area contributed by atoms with Gasteiger partial charge in [-0.2, -0.15) is 0 Å². The van der Waals surface area contributed by atoms with E-state index in [0.29, 0.717) is 12.2 Å². The molecule has 1 fully saturated rings. The first kappa shape index (κ1) is 21.7. The van der Waals surface area contributed by atoms with Crippen LogP contribution in [-0.2, 0) is 11.8 Å². The number of ether oxygens (including phenoxy) is 1. The Morgan fingerprint density at radius 2 is 1.72 bits per heavy atom. The molecular weight excluding hydrogens is 406 g/mol. The Morgan fingerprint density at radius 1 is 1.06 bits per heavy atom. The van der Waals surface area contributed by atoms with E-state index in [9.17, 15) is 9.59 Å². The maximum absolute atomic E-state index is 13.0. The van der Waals surface area contributed by atoms with Gasteiger partial charge in [-0.1, -0.05) is 30.3 Å².